The molecule has 1 atom stereocenters. The van der Waals surface area contributed by atoms with Crippen molar-refractivity contribution >= 4 is 27.5 Å². The molecule has 0 bridgehead atoms. The topological polar surface area (TPSA) is 128 Å². The van der Waals surface area contributed by atoms with Gasteiger partial charge in [0.1, 0.15) is 0 Å². The third kappa shape index (κ3) is 4.71. The fourth-order valence-corrected chi connectivity index (χ4v) is 7.10. The van der Waals surface area contributed by atoms with Gasteiger partial charge in [0.25, 0.3) is 0 Å². The van der Waals surface area contributed by atoms with E-state index in [1.807, 2.05) is 43.3 Å². The minimum absolute atomic E-state index is 0. The van der Waals surface area contributed by atoms with E-state index in [1.54, 1.807) is 24.3 Å². The lowest BCUT2D eigenvalue weighted by atomic mass is 9.94. The molecule has 10 heteroatoms. The summed E-state index contributed by atoms with van der Waals surface area (Å²) in [7, 11) is -3.75. The van der Waals surface area contributed by atoms with Crippen molar-refractivity contribution in [3.8, 4) is 22.6 Å². The number of primary amides is 1. The second-order valence-electron chi connectivity index (χ2n) is 10.8. The molecule has 40 heavy (non-hydrogen) atoms. The Kier molecular flexibility index (Phi) is 6.54. The number of aryl methyl sites for hydroxylation is 1. The molecule has 0 radical (unpaired) electrons. The summed E-state index contributed by atoms with van der Waals surface area (Å²) < 4.78 is 38.7. The van der Waals surface area contributed by atoms with E-state index in [-0.39, 0.29) is 27.0 Å². The molecule has 1 saturated carbocycles. The Hall–Kier alpha value is -3.89. The van der Waals surface area contributed by atoms with Crippen molar-refractivity contribution in [2.45, 2.75) is 42.9 Å². The van der Waals surface area contributed by atoms with E-state index in [2.05, 4.69) is 5.32 Å². The van der Waals surface area contributed by atoms with Crippen LogP contribution >= 0.6 is 0 Å². The lowest BCUT2D eigenvalue weighted by Gasteiger charge is -2.30. The summed E-state index contributed by atoms with van der Waals surface area (Å²) in [6.07, 6.45) is 2.71. The van der Waals surface area contributed by atoms with Crippen LogP contribution in [0.2, 0.25) is 0 Å². The highest BCUT2D eigenvalue weighted by Gasteiger charge is 2.51. The maximum atomic E-state index is 13.4. The van der Waals surface area contributed by atoms with E-state index in [0.717, 1.165) is 35.1 Å². The third-order valence-corrected chi connectivity index (χ3v) is 10.1. The number of rotatable bonds is 7. The molecule has 3 aliphatic rings. The molecule has 6 rings (SSSR count). The highest BCUT2D eigenvalue weighted by molar-refractivity contribution is 7.89. The number of carbonyl (C=O) groups is 2. The molecular formula is C30H35N3O6S. The van der Waals surface area contributed by atoms with Crippen molar-refractivity contribution in [3.05, 3.63) is 71.8 Å². The summed E-state index contributed by atoms with van der Waals surface area (Å²) in [5, 5.41) is 3.09. The predicted molar refractivity (Wildman–Crippen MR) is 154 cm³/mol. The van der Waals surface area contributed by atoms with Gasteiger partial charge in [0, 0.05) is 21.6 Å². The van der Waals surface area contributed by atoms with Gasteiger partial charge in [0.05, 0.1) is 16.2 Å². The number of ether oxygens (including phenoxy) is 2. The van der Waals surface area contributed by atoms with Crippen LogP contribution in [0.3, 0.4) is 0 Å². The van der Waals surface area contributed by atoms with Crippen molar-refractivity contribution in [3.63, 3.8) is 0 Å². The number of sulfonamides is 1. The van der Waals surface area contributed by atoms with Gasteiger partial charge in [-0.1, -0.05) is 24.3 Å². The Labute approximate surface area is 236 Å². The van der Waals surface area contributed by atoms with Crippen LogP contribution in [-0.4, -0.2) is 44.4 Å². The fourth-order valence-electron chi connectivity index (χ4n) is 5.58. The SMILES string of the molecule is Cc1ccc(NC(=O)C2(c3ccc4c(c3)OCO4)CC2)cc1-c1ccc(S(=O)(=O)N2CCCC(C(N)=O)C2)cc1.[HH].[HH]. The van der Waals surface area contributed by atoms with Crippen molar-refractivity contribution in [2.75, 3.05) is 25.2 Å². The average Bonchev–Trinajstić information content (AvgIpc) is 3.64. The Balaban J connectivity index is 0.00000202. The van der Waals surface area contributed by atoms with Crippen molar-refractivity contribution in [1.82, 2.24) is 4.31 Å². The standard InChI is InChI=1S/C30H31N3O6S.2H2/c1-19-4-8-23(32-29(35)30(12-13-30)22-7-11-26-27(15-22)39-18-38-26)16-25(19)20-5-9-24(10-6-20)40(36,37)33-14-2-3-21(17-33)28(31)34;;/h4-11,15-16,21H,2-3,12-14,17-18H2,1H3,(H2,31,34)(H,32,35);2*1H. The van der Waals surface area contributed by atoms with Gasteiger partial charge in [-0.3, -0.25) is 9.59 Å². The molecule has 2 amide bonds. The summed E-state index contributed by atoms with van der Waals surface area (Å²) >= 11 is 0. The van der Waals surface area contributed by atoms with Gasteiger partial charge in [0.15, 0.2) is 11.5 Å². The van der Waals surface area contributed by atoms with E-state index in [1.165, 1.54) is 4.31 Å². The Bertz CT molecular complexity index is 1610. The molecule has 9 nitrogen and oxygen atoms in total. The smallest absolute Gasteiger partial charge is 0.243 e. The summed E-state index contributed by atoms with van der Waals surface area (Å²) in [5.41, 5.74) is 9.13. The van der Waals surface area contributed by atoms with Gasteiger partial charge in [-0.2, -0.15) is 4.31 Å². The lowest BCUT2D eigenvalue weighted by molar-refractivity contribution is -0.122. The summed E-state index contributed by atoms with van der Waals surface area (Å²) in [5.74, 6) is 0.336. The van der Waals surface area contributed by atoms with Gasteiger partial charge < -0.3 is 20.5 Å². The number of amides is 2. The van der Waals surface area contributed by atoms with Gasteiger partial charge in [0.2, 0.25) is 28.6 Å². The largest absolute Gasteiger partial charge is 0.454 e. The molecule has 1 aliphatic carbocycles. The minimum Gasteiger partial charge on any atom is -0.454 e. The van der Waals surface area contributed by atoms with E-state index in [9.17, 15) is 18.0 Å². The number of nitrogens with two attached hydrogens (primary N) is 1. The Morgan fingerprint density at radius 3 is 2.50 bits per heavy atom. The molecule has 212 valence electrons. The number of hydrogen-bond acceptors (Lipinski definition) is 6. The molecule has 3 N–H and O–H groups in total. The fraction of sp³-hybridized carbons (Fsp3) is 0.333. The molecule has 2 heterocycles. The van der Waals surface area contributed by atoms with Gasteiger partial charge in [-0.15, -0.1) is 0 Å². The number of anilines is 1. The first-order chi connectivity index (χ1) is 19.2. The second-order valence-corrected chi connectivity index (χ2v) is 12.7. The molecule has 2 aliphatic heterocycles. The maximum absolute atomic E-state index is 13.4. The van der Waals surface area contributed by atoms with E-state index in [0.29, 0.717) is 36.6 Å². The quantitative estimate of drug-likeness (QED) is 0.436. The van der Waals surface area contributed by atoms with Crippen LogP contribution < -0.4 is 20.5 Å². The zero-order valence-corrected chi connectivity index (χ0v) is 23.0. The number of nitrogens with one attached hydrogen (secondary N) is 1. The van der Waals surface area contributed by atoms with Gasteiger partial charge in [-0.25, -0.2) is 8.42 Å². The Morgan fingerprint density at radius 2 is 1.77 bits per heavy atom. The highest BCUT2D eigenvalue weighted by Crippen LogP contribution is 2.51. The normalized spacial score (nSPS) is 19.7. The van der Waals surface area contributed by atoms with Crippen LogP contribution in [0.5, 0.6) is 11.5 Å². The molecule has 3 aromatic carbocycles. The zero-order chi connectivity index (χ0) is 28.1. The third-order valence-electron chi connectivity index (χ3n) is 8.19. The first-order valence-corrected chi connectivity index (χ1v) is 14.8. The van der Waals surface area contributed by atoms with Crippen LogP contribution in [0.4, 0.5) is 5.69 Å². The predicted octanol–water partition coefficient (Wildman–Crippen LogP) is 4.44. The number of benzene rings is 3. The van der Waals surface area contributed by atoms with Crippen molar-refractivity contribution in [2.24, 2.45) is 11.7 Å². The van der Waals surface area contributed by atoms with Crippen molar-refractivity contribution in [1.29, 1.82) is 0 Å². The second kappa shape index (κ2) is 9.94. The first kappa shape index (κ1) is 26.3. The molecule has 2 fully saturated rings. The van der Waals surface area contributed by atoms with Crippen LogP contribution in [0, 0.1) is 12.8 Å². The molecular weight excluding hydrogens is 530 g/mol. The average molecular weight is 566 g/mol. The number of carbonyl (C=O) groups excluding carboxylic acids is 2. The summed E-state index contributed by atoms with van der Waals surface area (Å²) in [6, 6.07) is 18.1. The molecule has 0 aromatic heterocycles. The van der Waals surface area contributed by atoms with Crippen LogP contribution in [0.1, 0.15) is 39.7 Å². The molecule has 1 unspecified atom stereocenters. The van der Waals surface area contributed by atoms with E-state index < -0.39 is 27.3 Å². The van der Waals surface area contributed by atoms with Crippen LogP contribution in [-0.2, 0) is 25.0 Å². The maximum Gasteiger partial charge on any atom is 0.243 e. The number of nitrogens with zero attached hydrogens (tertiary/aromatic N) is 1. The molecule has 0 spiro atoms. The highest BCUT2D eigenvalue weighted by atomic mass is 32.2. The summed E-state index contributed by atoms with van der Waals surface area (Å²) in [6.45, 7) is 2.62. The first-order valence-electron chi connectivity index (χ1n) is 13.4. The minimum atomic E-state index is -3.75. The van der Waals surface area contributed by atoms with E-state index >= 15 is 0 Å². The molecule has 1 saturated heterocycles. The number of hydrogen-bond donors (Lipinski definition) is 2. The lowest BCUT2D eigenvalue weighted by Crippen LogP contribution is -2.44. The van der Waals surface area contributed by atoms with Crippen molar-refractivity contribution < 1.29 is 30.3 Å². The monoisotopic (exact) mass is 565 g/mol. The number of piperidine rings is 1. The van der Waals surface area contributed by atoms with E-state index in [4.69, 9.17) is 15.2 Å². The van der Waals surface area contributed by atoms with Gasteiger partial charge >= 0.3 is 0 Å². The zero-order valence-electron chi connectivity index (χ0n) is 22.2. The molecule has 3 aromatic rings. The van der Waals surface area contributed by atoms with Crippen LogP contribution in [0.25, 0.3) is 11.1 Å². The summed E-state index contributed by atoms with van der Waals surface area (Å²) in [4.78, 5) is 25.2. The van der Waals surface area contributed by atoms with Crippen LogP contribution in [0.15, 0.2) is 65.6 Å². The van der Waals surface area contributed by atoms with Gasteiger partial charge in [-0.05, 0) is 91.3 Å². The Morgan fingerprint density at radius 1 is 1.02 bits per heavy atom. The number of fused-ring (bicyclic) bond motifs is 1.